The first-order valence-corrected chi connectivity index (χ1v) is 9.11. The number of carboxylic acids is 1. The maximum absolute atomic E-state index is 11.6. The number of benzene rings is 1. The predicted molar refractivity (Wildman–Crippen MR) is 99.0 cm³/mol. The van der Waals surface area contributed by atoms with Gasteiger partial charge in [0.2, 0.25) is 0 Å². The van der Waals surface area contributed by atoms with Crippen molar-refractivity contribution in [1.82, 2.24) is 0 Å². The van der Waals surface area contributed by atoms with Crippen LogP contribution in [0.4, 0.5) is 5.69 Å². The summed E-state index contributed by atoms with van der Waals surface area (Å²) in [4.78, 5) is 24.2. The largest absolute Gasteiger partial charge is 0.477 e. The number of ether oxygens (including phenoxy) is 1. The van der Waals surface area contributed by atoms with Gasteiger partial charge in [-0.1, -0.05) is 29.8 Å². The molecule has 1 aromatic carbocycles. The molecule has 2 rings (SSSR count). The van der Waals surface area contributed by atoms with Crippen LogP contribution in [-0.2, 0) is 9.53 Å². The van der Waals surface area contributed by atoms with E-state index >= 15 is 0 Å². The molecule has 126 valence electrons. The van der Waals surface area contributed by atoms with Gasteiger partial charge >= 0.3 is 11.9 Å². The van der Waals surface area contributed by atoms with E-state index in [1.165, 1.54) is 25.1 Å². The Kier molecular flexibility index (Phi) is 6.30. The summed E-state index contributed by atoms with van der Waals surface area (Å²) >= 11 is 8.48. The molecule has 24 heavy (non-hydrogen) atoms. The number of thioether (sulfide) groups is 1. The van der Waals surface area contributed by atoms with Crippen molar-refractivity contribution in [3.63, 3.8) is 0 Å². The molecule has 0 fully saturated rings. The predicted octanol–water partition coefficient (Wildman–Crippen LogP) is 4.56. The highest BCUT2D eigenvalue weighted by atomic mass is 35.5. The van der Waals surface area contributed by atoms with Crippen molar-refractivity contribution in [1.29, 1.82) is 0 Å². The van der Waals surface area contributed by atoms with Crippen LogP contribution in [0.25, 0.3) is 10.4 Å². The van der Waals surface area contributed by atoms with Crippen molar-refractivity contribution >= 4 is 52.3 Å². The van der Waals surface area contributed by atoms with Crippen LogP contribution < -0.4 is 5.32 Å². The van der Waals surface area contributed by atoms with Gasteiger partial charge in [-0.05, 0) is 18.4 Å². The molecule has 0 aliphatic carbocycles. The molecule has 0 aliphatic heterocycles. The average Bonchev–Trinajstić information content (AvgIpc) is 2.99. The fraction of sp³-hybridized carbons (Fsp3) is 0.125. The first-order chi connectivity index (χ1) is 11.5. The second-order valence-electron chi connectivity index (χ2n) is 4.49. The van der Waals surface area contributed by atoms with Gasteiger partial charge in [-0.25, -0.2) is 9.59 Å². The number of hydrogen-bond donors (Lipinski definition) is 2. The third-order valence-corrected chi connectivity index (χ3v) is 5.24. The molecule has 2 aromatic rings. The Hall–Kier alpha value is -1.96. The van der Waals surface area contributed by atoms with Gasteiger partial charge in [-0.3, -0.25) is 0 Å². The molecule has 1 heterocycles. The van der Waals surface area contributed by atoms with Gasteiger partial charge in [0.1, 0.15) is 9.78 Å². The first-order valence-electron chi connectivity index (χ1n) is 6.69. The monoisotopic (exact) mass is 383 g/mol. The fourth-order valence-electron chi connectivity index (χ4n) is 1.90. The Labute approximate surface area is 152 Å². The molecule has 0 saturated carbocycles. The number of halogens is 1. The quantitative estimate of drug-likeness (QED) is 0.562. The lowest BCUT2D eigenvalue weighted by molar-refractivity contribution is -0.135. The van der Waals surface area contributed by atoms with Gasteiger partial charge in [-0.15, -0.1) is 23.1 Å². The Bertz CT molecular complexity index is 801. The number of methoxy groups -OCH3 is 1. The number of carbonyl (C=O) groups is 2. The van der Waals surface area contributed by atoms with E-state index in [1.807, 2.05) is 12.1 Å². The highest BCUT2D eigenvalue weighted by Gasteiger charge is 2.17. The molecule has 0 unspecified atom stereocenters. The van der Waals surface area contributed by atoms with Crippen LogP contribution in [0.2, 0.25) is 5.02 Å². The number of carbonyl (C=O) groups excluding carboxylic acids is 1. The summed E-state index contributed by atoms with van der Waals surface area (Å²) < 4.78 is 4.66. The highest BCUT2D eigenvalue weighted by molar-refractivity contribution is 8.03. The summed E-state index contributed by atoms with van der Waals surface area (Å²) in [5, 5.41) is 12.8. The zero-order valence-corrected chi connectivity index (χ0v) is 15.2. The number of hydrogen-bond acceptors (Lipinski definition) is 6. The standard InChI is InChI=1S/C16H14ClNO4S2/c1-22-16(21)13(23-2)8-18-11-7-12(24-14(11)15(19)20)9-5-3-4-6-10(9)17/h3-8,18H,1-2H3,(H,19,20)/b13-8-. The molecular weight excluding hydrogens is 370 g/mol. The van der Waals surface area contributed by atoms with E-state index in [0.717, 1.165) is 21.8 Å². The Morgan fingerprint density at radius 2 is 2.08 bits per heavy atom. The molecule has 2 N–H and O–H groups in total. The van der Waals surface area contributed by atoms with E-state index in [9.17, 15) is 14.7 Å². The van der Waals surface area contributed by atoms with E-state index in [2.05, 4.69) is 10.1 Å². The van der Waals surface area contributed by atoms with E-state index in [4.69, 9.17) is 11.6 Å². The molecule has 0 saturated heterocycles. The average molecular weight is 384 g/mol. The topological polar surface area (TPSA) is 75.6 Å². The number of thiophene rings is 1. The van der Waals surface area contributed by atoms with Crippen molar-refractivity contribution in [3.05, 3.63) is 51.3 Å². The van der Waals surface area contributed by atoms with Gasteiger partial charge in [0, 0.05) is 21.7 Å². The Morgan fingerprint density at radius 3 is 2.67 bits per heavy atom. The van der Waals surface area contributed by atoms with Crippen LogP contribution >= 0.6 is 34.7 Å². The van der Waals surface area contributed by atoms with E-state index in [1.54, 1.807) is 24.5 Å². The lowest BCUT2D eigenvalue weighted by Crippen LogP contribution is -2.04. The number of esters is 1. The zero-order valence-electron chi connectivity index (χ0n) is 12.8. The van der Waals surface area contributed by atoms with Crippen LogP contribution in [0, 0.1) is 0 Å². The summed E-state index contributed by atoms with van der Waals surface area (Å²) in [5.74, 6) is -1.55. The number of aromatic carboxylic acids is 1. The summed E-state index contributed by atoms with van der Waals surface area (Å²) in [6, 6.07) is 8.90. The number of anilines is 1. The molecule has 0 atom stereocenters. The number of nitrogens with one attached hydrogen (secondary N) is 1. The van der Waals surface area contributed by atoms with Gasteiger partial charge in [0.05, 0.1) is 12.8 Å². The van der Waals surface area contributed by atoms with Crippen molar-refractivity contribution in [3.8, 4) is 10.4 Å². The fourth-order valence-corrected chi connectivity index (χ4v) is 3.62. The van der Waals surface area contributed by atoms with Gasteiger partial charge < -0.3 is 15.2 Å². The van der Waals surface area contributed by atoms with Crippen LogP contribution in [0.5, 0.6) is 0 Å². The van der Waals surface area contributed by atoms with Gasteiger partial charge in [0.25, 0.3) is 0 Å². The Morgan fingerprint density at radius 1 is 1.38 bits per heavy atom. The number of carboxylic acid groups (broad SMARTS) is 1. The minimum absolute atomic E-state index is 0.131. The van der Waals surface area contributed by atoms with Crippen molar-refractivity contribution in [2.24, 2.45) is 0 Å². The molecule has 0 bridgehead atoms. The molecule has 0 spiro atoms. The molecule has 8 heteroatoms. The summed E-state index contributed by atoms with van der Waals surface area (Å²) in [6.07, 6.45) is 3.16. The molecule has 0 aliphatic rings. The minimum atomic E-state index is -1.06. The molecular formula is C16H14ClNO4S2. The van der Waals surface area contributed by atoms with E-state index in [-0.39, 0.29) is 4.88 Å². The van der Waals surface area contributed by atoms with Crippen molar-refractivity contribution < 1.29 is 19.4 Å². The van der Waals surface area contributed by atoms with Crippen LogP contribution in [0.15, 0.2) is 41.4 Å². The van der Waals surface area contributed by atoms with E-state index < -0.39 is 11.9 Å². The Balaban J connectivity index is 2.40. The maximum atomic E-state index is 11.6. The lowest BCUT2D eigenvalue weighted by atomic mass is 10.2. The third kappa shape index (κ3) is 4.11. The highest BCUT2D eigenvalue weighted by Crippen LogP contribution is 2.38. The van der Waals surface area contributed by atoms with E-state index in [0.29, 0.717) is 15.6 Å². The third-order valence-electron chi connectivity index (χ3n) is 3.03. The smallest absolute Gasteiger partial charge is 0.348 e. The molecule has 0 amide bonds. The van der Waals surface area contributed by atoms with Gasteiger partial charge in [0.15, 0.2) is 0 Å². The van der Waals surface area contributed by atoms with Crippen molar-refractivity contribution in [2.45, 2.75) is 0 Å². The molecule has 1 aromatic heterocycles. The summed E-state index contributed by atoms with van der Waals surface area (Å²) in [7, 11) is 1.29. The minimum Gasteiger partial charge on any atom is -0.477 e. The van der Waals surface area contributed by atoms with Crippen molar-refractivity contribution in [2.75, 3.05) is 18.7 Å². The molecule has 5 nitrogen and oxygen atoms in total. The summed E-state index contributed by atoms with van der Waals surface area (Å²) in [6.45, 7) is 0. The van der Waals surface area contributed by atoms with Crippen LogP contribution in [0.3, 0.4) is 0 Å². The maximum Gasteiger partial charge on any atom is 0.348 e. The lowest BCUT2D eigenvalue weighted by Gasteiger charge is -2.03. The summed E-state index contributed by atoms with van der Waals surface area (Å²) in [5.41, 5.74) is 1.14. The normalized spacial score (nSPS) is 11.2. The van der Waals surface area contributed by atoms with Crippen LogP contribution in [0.1, 0.15) is 9.67 Å². The second kappa shape index (κ2) is 8.23. The number of rotatable bonds is 6. The van der Waals surface area contributed by atoms with Gasteiger partial charge in [-0.2, -0.15) is 0 Å². The first kappa shape index (κ1) is 18.4. The molecule has 0 radical (unpaired) electrons. The van der Waals surface area contributed by atoms with Crippen LogP contribution in [-0.4, -0.2) is 30.4 Å². The second-order valence-corrected chi connectivity index (χ2v) is 6.79. The SMILES string of the molecule is COC(=O)/C(=C/Nc1cc(-c2ccccc2Cl)sc1C(=O)O)SC. The zero-order chi connectivity index (χ0) is 17.7.